The summed E-state index contributed by atoms with van der Waals surface area (Å²) in [6.45, 7) is 8.61. The fraction of sp³-hybridized carbons (Fsp3) is 0.667. The standard InChI is InChI=1S/C18H27N3O2S/c1-14-13-18(8-11-20(14)16(22)23-17(2,3)4)9-12-24-21(18)15-7-5-6-10-19-15/h5-7,10,14H,8-9,11-13H2,1-4H3/t14-,18-/m0/s1. The maximum atomic E-state index is 12.5. The Labute approximate surface area is 148 Å². The third-order valence-corrected chi connectivity index (χ3v) is 5.95. The van der Waals surface area contributed by atoms with Gasteiger partial charge in [-0.05, 0) is 71.0 Å². The van der Waals surface area contributed by atoms with Crippen molar-refractivity contribution in [1.82, 2.24) is 9.88 Å². The van der Waals surface area contributed by atoms with Gasteiger partial charge in [0.15, 0.2) is 0 Å². The van der Waals surface area contributed by atoms with Gasteiger partial charge < -0.3 is 9.64 Å². The molecule has 5 nitrogen and oxygen atoms in total. The first-order chi connectivity index (χ1) is 11.3. The summed E-state index contributed by atoms with van der Waals surface area (Å²) in [7, 11) is 0. The molecule has 3 heterocycles. The number of pyridine rings is 1. The molecule has 0 aromatic carbocycles. The lowest BCUT2D eigenvalue weighted by Crippen LogP contribution is -2.56. The second-order valence-electron chi connectivity index (χ2n) is 7.77. The van der Waals surface area contributed by atoms with E-state index in [0.717, 1.165) is 37.4 Å². The Morgan fingerprint density at radius 2 is 2.17 bits per heavy atom. The zero-order chi connectivity index (χ0) is 17.4. The van der Waals surface area contributed by atoms with E-state index in [0.29, 0.717) is 0 Å². The number of hydrogen-bond acceptors (Lipinski definition) is 5. The highest BCUT2D eigenvalue weighted by atomic mass is 32.2. The Balaban J connectivity index is 1.73. The summed E-state index contributed by atoms with van der Waals surface area (Å²) in [5.41, 5.74) is -0.355. The van der Waals surface area contributed by atoms with Crippen molar-refractivity contribution in [3.8, 4) is 0 Å². The first-order valence-electron chi connectivity index (χ1n) is 8.65. The van der Waals surface area contributed by atoms with Gasteiger partial charge in [0, 0.05) is 24.5 Å². The van der Waals surface area contributed by atoms with Crippen LogP contribution in [0.2, 0.25) is 0 Å². The fourth-order valence-corrected chi connectivity index (χ4v) is 5.09. The molecule has 0 radical (unpaired) electrons. The van der Waals surface area contributed by atoms with E-state index in [1.54, 1.807) is 0 Å². The van der Waals surface area contributed by atoms with Crippen molar-refractivity contribution in [2.24, 2.45) is 0 Å². The third kappa shape index (κ3) is 3.48. The molecule has 1 aromatic heterocycles. The van der Waals surface area contributed by atoms with Crippen LogP contribution in [-0.4, -0.2) is 45.5 Å². The summed E-state index contributed by atoms with van der Waals surface area (Å²) in [5.74, 6) is 2.13. The van der Waals surface area contributed by atoms with E-state index in [1.807, 2.05) is 55.9 Å². The molecule has 24 heavy (non-hydrogen) atoms. The number of hydrogen-bond donors (Lipinski definition) is 0. The number of nitrogens with zero attached hydrogens (tertiary/aromatic N) is 3. The van der Waals surface area contributed by atoms with Gasteiger partial charge in [0.2, 0.25) is 0 Å². The lowest BCUT2D eigenvalue weighted by atomic mass is 9.81. The zero-order valence-corrected chi connectivity index (χ0v) is 15.8. The van der Waals surface area contributed by atoms with Crippen molar-refractivity contribution in [2.75, 3.05) is 16.6 Å². The molecule has 0 N–H and O–H groups in total. The summed E-state index contributed by atoms with van der Waals surface area (Å²) in [6, 6.07) is 6.22. The number of carbonyl (C=O) groups excluding carboxylic acids is 1. The van der Waals surface area contributed by atoms with Gasteiger partial charge in [0.1, 0.15) is 11.4 Å². The molecule has 0 bridgehead atoms. The second-order valence-corrected chi connectivity index (χ2v) is 8.80. The van der Waals surface area contributed by atoms with Crippen molar-refractivity contribution < 1.29 is 9.53 Å². The molecule has 1 spiro atoms. The highest BCUT2D eigenvalue weighted by molar-refractivity contribution is 8.01. The van der Waals surface area contributed by atoms with Crippen molar-refractivity contribution in [1.29, 1.82) is 0 Å². The van der Waals surface area contributed by atoms with Gasteiger partial charge in [-0.25, -0.2) is 9.78 Å². The van der Waals surface area contributed by atoms with Crippen LogP contribution < -0.4 is 4.31 Å². The van der Waals surface area contributed by atoms with Crippen molar-refractivity contribution in [3.05, 3.63) is 24.4 Å². The van der Waals surface area contributed by atoms with Crippen LogP contribution in [0.15, 0.2) is 24.4 Å². The van der Waals surface area contributed by atoms with Gasteiger partial charge in [0.25, 0.3) is 0 Å². The van der Waals surface area contributed by atoms with Crippen LogP contribution in [0.1, 0.15) is 47.0 Å². The Hall–Kier alpha value is -1.43. The van der Waals surface area contributed by atoms with E-state index in [-0.39, 0.29) is 17.7 Å². The highest BCUT2D eigenvalue weighted by Gasteiger charge is 2.48. The van der Waals surface area contributed by atoms with Crippen molar-refractivity contribution >= 4 is 23.9 Å². The van der Waals surface area contributed by atoms with Crippen LogP contribution >= 0.6 is 11.9 Å². The maximum Gasteiger partial charge on any atom is 0.410 e. The predicted octanol–water partition coefficient (Wildman–Crippen LogP) is 4.10. The first-order valence-corrected chi connectivity index (χ1v) is 9.59. The second kappa shape index (κ2) is 6.47. The monoisotopic (exact) mass is 349 g/mol. The van der Waals surface area contributed by atoms with Crippen LogP contribution in [0.5, 0.6) is 0 Å². The van der Waals surface area contributed by atoms with Gasteiger partial charge in [-0.2, -0.15) is 0 Å². The molecule has 3 rings (SSSR count). The average Bonchev–Trinajstić information content (AvgIpc) is 2.89. The van der Waals surface area contributed by atoms with Gasteiger partial charge in [0.05, 0.1) is 5.54 Å². The summed E-state index contributed by atoms with van der Waals surface area (Å²) in [5, 5.41) is 0. The van der Waals surface area contributed by atoms with E-state index in [9.17, 15) is 4.79 Å². The summed E-state index contributed by atoms with van der Waals surface area (Å²) >= 11 is 1.86. The van der Waals surface area contributed by atoms with Crippen LogP contribution in [0.4, 0.5) is 10.6 Å². The fourth-order valence-electron chi connectivity index (χ4n) is 3.66. The highest BCUT2D eigenvalue weighted by Crippen LogP contribution is 2.47. The van der Waals surface area contributed by atoms with E-state index in [2.05, 4.69) is 22.3 Å². The van der Waals surface area contributed by atoms with E-state index in [4.69, 9.17) is 4.74 Å². The minimum atomic E-state index is -0.449. The summed E-state index contributed by atoms with van der Waals surface area (Å²) in [4.78, 5) is 18.9. The van der Waals surface area contributed by atoms with Crippen molar-refractivity contribution in [2.45, 2.75) is 64.1 Å². The lowest BCUT2D eigenvalue weighted by Gasteiger charge is -2.47. The van der Waals surface area contributed by atoms with Gasteiger partial charge in [-0.15, -0.1) is 0 Å². The number of carbonyl (C=O) groups is 1. The van der Waals surface area contributed by atoms with Crippen LogP contribution in [0.25, 0.3) is 0 Å². The Morgan fingerprint density at radius 1 is 1.38 bits per heavy atom. The van der Waals surface area contributed by atoms with Crippen LogP contribution in [0.3, 0.4) is 0 Å². The molecule has 2 aliphatic heterocycles. The number of aromatic nitrogens is 1. The molecule has 1 aromatic rings. The molecule has 0 saturated carbocycles. The molecule has 1 amide bonds. The maximum absolute atomic E-state index is 12.5. The minimum Gasteiger partial charge on any atom is -0.444 e. The van der Waals surface area contributed by atoms with E-state index >= 15 is 0 Å². The molecule has 2 fully saturated rings. The van der Waals surface area contributed by atoms with Gasteiger partial charge in [-0.1, -0.05) is 6.07 Å². The normalized spacial score (nSPS) is 27.6. The Morgan fingerprint density at radius 3 is 2.79 bits per heavy atom. The number of likely N-dealkylation sites (tertiary alicyclic amines) is 1. The molecule has 0 unspecified atom stereocenters. The minimum absolute atomic E-state index is 0.0942. The predicted molar refractivity (Wildman–Crippen MR) is 98.2 cm³/mol. The summed E-state index contributed by atoms with van der Waals surface area (Å²) < 4.78 is 7.95. The summed E-state index contributed by atoms with van der Waals surface area (Å²) in [6.07, 6.45) is 4.71. The van der Waals surface area contributed by atoms with Crippen LogP contribution in [-0.2, 0) is 4.74 Å². The van der Waals surface area contributed by atoms with Gasteiger partial charge in [-0.3, -0.25) is 4.31 Å². The number of anilines is 1. The smallest absolute Gasteiger partial charge is 0.410 e. The molecule has 6 heteroatoms. The molecular formula is C18H27N3O2S. The number of ether oxygens (including phenoxy) is 1. The van der Waals surface area contributed by atoms with E-state index in [1.165, 1.54) is 0 Å². The molecule has 0 aliphatic carbocycles. The molecule has 2 aliphatic rings. The Bertz CT molecular complexity index is 590. The zero-order valence-electron chi connectivity index (χ0n) is 15.0. The molecule has 2 atom stereocenters. The number of amides is 1. The van der Waals surface area contributed by atoms with Gasteiger partial charge >= 0.3 is 6.09 Å². The first kappa shape index (κ1) is 17.4. The van der Waals surface area contributed by atoms with E-state index < -0.39 is 5.60 Å². The SMILES string of the molecule is C[C@H]1C[C@@]2(CCSN2c2ccccn2)CCN1C(=O)OC(C)(C)C. The Kier molecular flexibility index (Phi) is 4.69. The van der Waals surface area contributed by atoms with Crippen molar-refractivity contribution in [3.63, 3.8) is 0 Å². The quantitative estimate of drug-likeness (QED) is 0.714. The lowest BCUT2D eigenvalue weighted by molar-refractivity contribution is 0.00546. The van der Waals surface area contributed by atoms with Crippen LogP contribution in [0, 0.1) is 0 Å². The average molecular weight is 350 g/mol. The molecule has 132 valence electrons. The molecule has 2 saturated heterocycles. The molecular weight excluding hydrogens is 322 g/mol. The third-order valence-electron chi connectivity index (χ3n) is 4.73. The number of piperidine rings is 1. The number of rotatable bonds is 1. The largest absolute Gasteiger partial charge is 0.444 e. The topological polar surface area (TPSA) is 45.7 Å².